The average Bonchev–Trinajstić information content (AvgIpc) is 2.50. The summed E-state index contributed by atoms with van der Waals surface area (Å²) in [6, 6.07) is 3.32. The third-order valence-electron chi connectivity index (χ3n) is 4.27. The molecule has 1 heterocycles. The van der Waals surface area contributed by atoms with Crippen LogP contribution in [0.1, 0.15) is 32.3 Å². The first-order valence-electron chi connectivity index (χ1n) is 7.74. The van der Waals surface area contributed by atoms with Gasteiger partial charge in [0, 0.05) is 26.1 Å². The van der Waals surface area contributed by atoms with Crippen LogP contribution in [0, 0.1) is 17.0 Å². The van der Waals surface area contributed by atoms with Crippen molar-refractivity contribution in [1.29, 1.82) is 0 Å². The van der Waals surface area contributed by atoms with Crippen molar-refractivity contribution in [3.8, 4) is 0 Å². The Morgan fingerprint density at radius 1 is 1.35 bits per heavy atom. The molecule has 23 heavy (non-hydrogen) atoms. The van der Waals surface area contributed by atoms with Crippen LogP contribution in [0.5, 0.6) is 0 Å². The molecule has 0 N–H and O–H groups in total. The summed E-state index contributed by atoms with van der Waals surface area (Å²) in [6.07, 6.45) is 1.23. The van der Waals surface area contributed by atoms with E-state index in [9.17, 15) is 18.4 Å². The lowest BCUT2D eigenvalue weighted by Crippen LogP contribution is -2.51. The second-order valence-corrected chi connectivity index (χ2v) is 5.96. The molecule has 1 aliphatic rings. The van der Waals surface area contributed by atoms with Crippen molar-refractivity contribution in [3.05, 3.63) is 35.4 Å². The molecule has 1 atom stereocenters. The van der Waals surface area contributed by atoms with Crippen molar-refractivity contribution in [2.75, 3.05) is 19.7 Å². The standard InChI is InChI=1S/C17H21F2NO3/c1-3-23-16(22)17(7-4-8-20(11-17)12(2)21)10-13-5-6-14(18)9-15(13)19/h5-6,9H,3-4,7-8,10-11H2,1-2H3/t17-/m1/s1. The van der Waals surface area contributed by atoms with Gasteiger partial charge in [-0.05, 0) is 37.8 Å². The zero-order valence-electron chi connectivity index (χ0n) is 13.4. The first-order chi connectivity index (χ1) is 10.9. The number of likely N-dealkylation sites (tertiary alicyclic amines) is 1. The van der Waals surface area contributed by atoms with Gasteiger partial charge in [0.05, 0.1) is 12.0 Å². The number of piperidine rings is 1. The van der Waals surface area contributed by atoms with Crippen LogP contribution < -0.4 is 0 Å². The summed E-state index contributed by atoms with van der Waals surface area (Å²) in [5, 5.41) is 0. The number of nitrogens with zero attached hydrogens (tertiary/aromatic N) is 1. The van der Waals surface area contributed by atoms with Crippen molar-refractivity contribution in [2.24, 2.45) is 5.41 Å². The lowest BCUT2D eigenvalue weighted by atomic mass is 9.75. The van der Waals surface area contributed by atoms with E-state index in [0.29, 0.717) is 19.4 Å². The van der Waals surface area contributed by atoms with Gasteiger partial charge in [-0.1, -0.05) is 6.07 Å². The van der Waals surface area contributed by atoms with Crippen molar-refractivity contribution < 1.29 is 23.1 Å². The summed E-state index contributed by atoms with van der Waals surface area (Å²) in [5.41, 5.74) is -0.733. The van der Waals surface area contributed by atoms with Crippen LogP contribution in [0.4, 0.5) is 8.78 Å². The number of esters is 1. The van der Waals surface area contributed by atoms with Crippen molar-refractivity contribution >= 4 is 11.9 Å². The van der Waals surface area contributed by atoms with E-state index in [2.05, 4.69) is 0 Å². The minimum absolute atomic E-state index is 0.0850. The van der Waals surface area contributed by atoms with E-state index < -0.39 is 23.0 Å². The van der Waals surface area contributed by atoms with Gasteiger partial charge in [0.2, 0.25) is 5.91 Å². The van der Waals surface area contributed by atoms with Gasteiger partial charge >= 0.3 is 5.97 Å². The summed E-state index contributed by atoms with van der Waals surface area (Å²) in [6.45, 7) is 4.13. The molecule has 0 spiro atoms. The highest BCUT2D eigenvalue weighted by molar-refractivity contribution is 5.80. The molecular weight excluding hydrogens is 304 g/mol. The maximum absolute atomic E-state index is 14.0. The number of carbonyl (C=O) groups excluding carboxylic acids is 2. The summed E-state index contributed by atoms with van der Waals surface area (Å²) in [7, 11) is 0. The second-order valence-electron chi connectivity index (χ2n) is 5.96. The van der Waals surface area contributed by atoms with Crippen molar-refractivity contribution in [2.45, 2.75) is 33.1 Å². The molecule has 126 valence electrons. The average molecular weight is 325 g/mol. The summed E-state index contributed by atoms with van der Waals surface area (Å²) >= 11 is 0. The molecule has 0 saturated carbocycles. The number of amides is 1. The summed E-state index contributed by atoms with van der Waals surface area (Å²) in [4.78, 5) is 25.8. The maximum Gasteiger partial charge on any atom is 0.314 e. The summed E-state index contributed by atoms with van der Waals surface area (Å²) in [5.74, 6) is -1.91. The van der Waals surface area contributed by atoms with E-state index >= 15 is 0 Å². The van der Waals surface area contributed by atoms with E-state index in [-0.39, 0.29) is 31.0 Å². The fourth-order valence-corrected chi connectivity index (χ4v) is 3.10. The van der Waals surface area contributed by atoms with Crippen LogP contribution in [0.15, 0.2) is 18.2 Å². The number of ether oxygens (including phenoxy) is 1. The molecule has 1 aromatic carbocycles. The molecule has 1 saturated heterocycles. The van der Waals surface area contributed by atoms with E-state index in [0.717, 1.165) is 6.07 Å². The normalized spacial score (nSPS) is 21.1. The topological polar surface area (TPSA) is 46.6 Å². The largest absolute Gasteiger partial charge is 0.466 e. The highest BCUT2D eigenvalue weighted by atomic mass is 19.1. The van der Waals surface area contributed by atoms with Gasteiger partial charge in [0.15, 0.2) is 0 Å². The van der Waals surface area contributed by atoms with Gasteiger partial charge in [-0.2, -0.15) is 0 Å². The van der Waals surface area contributed by atoms with Crippen LogP contribution in [-0.4, -0.2) is 36.5 Å². The molecule has 6 heteroatoms. The molecule has 0 aromatic heterocycles. The Balaban J connectivity index is 2.33. The van der Waals surface area contributed by atoms with Crippen LogP contribution in [0.25, 0.3) is 0 Å². The van der Waals surface area contributed by atoms with Crippen LogP contribution in [0.2, 0.25) is 0 Å². The Labute approximate surface area is 134 Å². The van der Waals surface area contributed by atoms with E-state index in [1.54, 1.807) is 11.8 Å². The Morgan fingerprint density at radius 2 is 2.09 bits per heavy atom. The fourth-order valence-electron chi connectivity index (χ4n) is 3.10. The van der Waals surface area contributed by atoms with E-state index in [1.807, 2.05) is 0 Å². The molecule has 0 aliphatic carbocycles. The van der Waals surface area contributed by atoms with Crippen LogP contribution in [-0.2, 0) is 20.7 Å². The number of benzene rings is 1. The SMILES string of the molecule is CCOC(=O)[C@@]1(Cc2ccc(F)cc2F)CCCN(C(C)=O)C1. The molecule has 1 aliphatic heterocycles. The van der Waals surface area contributed by atoms with Crippen molar-refractivity contribution in [3.63, 3.8) is 0 Å². The number of hydrogen-bond acceptors (Lipinski definition) is 3. The fraction of sp³-hybridized carbons (Fsp3) is 0.529. The number of carbonyl (C=O) groups is 2. The maximum atomic E-state index is 14.0. The second kappa shape index (κ2) is 7.06. The van der Waals surface area contributed by atoms with Crippen molar-refractivity contribution in [1.82, 2.24) is 4.90 Å². The third-order valence-corrected chi connectivity index (χ3v) is 4.27. The Morgan fingerprint density at radius 3 is 2.70 bits per heavy atom. The molecule has 1 aromatic rings. The van der Waals surface area contributed by atoms with Crippen LogP contribution in [0.3, 0.4) is 0 Å². The van der Waals surface area contributed by atoms with E-state index in [4.69, 9.17) is 4.74 Å². The highest BCUT2D eigenvalue weighted by Crippen LogP contribution is 2.36. The minimum Gasteiger partial charge on any atom is -0.466 e. The lowest BCUT2D eigenvalue weighted by molar-refractivity contribution is -0.160. The predicted octanol–water partition coefficient (Wildman–Crippen LogP) is 2.70. The minimum atomic E-state index is -0.988. The van der Waals surface area contributed by atoms with Crippen LogP contribution >= 0.6 is 0 Å². The van der Waals surface area contributed by atoms with Gasteiger partial charge in [-0.15, -0.1) is 0 Å². The Kier molecular flexibility index (Phi) is 5.34. The third kappa shape index (κ3) is 3.86. The van der Waals surface area contributed by atoms with Gasteiger partial charge < -0.3 is 9.64 Å². The van der Waals surface area contributed by atoms with Gasteiger partial charge in [-0.3, -0.25) is 9.59 Å². The quantitative estimate of drug-likeness (QED) is 0.800. The smallest absolute Gasteiger partial charge is 0.314 e. The predicted molar refractivity (Wildman–Crippen MR) is 80.6 cm³/mol. The van der Waals surface area contributed by atoms with Gasteiger partial charge in [0.25, 0.3) is 0 Å². The first-order valence-corrected chi connectivity index (χ1v) is 7.74. The molecule has 2 rings (SSSR count). The number of halogens is 2. The molecule has 1 amide bonds. The zero-order chi connectivity index (χ0) is 17.0. The monoisotopic (exact) mass is 325 g/mol. The number of hydrogen-bond donors (Lipinski definition) is 0. The molecule has 1 fully saturated rings. The molecular formula is C17H21F2NO3. The summed E-state index contributed by atoms with van der Waals surface area (Å²) < 4.78 is 32.3. The van der Waals surface area contributed by atoms with Gasteiger partial charge in [-0.25, -0.2) is 8.78 Å². The number of rotatable bonds is 4. The first kappa shape index (κ1) is 17.4. The Bertz CT molecular complexity index is 606. The molecule has 0 bridgehead atoms. The Hall–Kier alpha value is -1.98. The molecule has 0 radical (unpaired) electrons. The van der Waals surface area contributed by atoms with E-state index in [1.165, 1.54) is 19.1 Å². The zero-order valence-corrected chi connectivity index (χ0v) is 13.4. The molecule has 4 nitrogen and oxygen atoms in total. The van der Waals surface area contributed by atoms with Gasteiger partial charge in [0.1, 0.15) is 11.6 Å². The lowest BCUT2D eigenvalue weighted by Gasteiger charge is -2.40. The highest BCUT2D eigenvalue weighted by Gasteiger charge is 2.44. The molecule has 0 unspecified atom stereocenters.